The lowest BCUT2D eigenvalue weighted by molar-refractivity contribution is -0.119. The molecular formula is C15H24N2OS. The van der Waals surface area contributed by atoms with Crippen LogP contribution in [0, 0.1) is 12.8 Å². The molecule has 19 heavy (non-hydrogen) atoms. The Kier molecular flexibility index (Phi) is 5.11. The van der Waals surface area contributed by atoms with E-state index in [4.69, 9.17) is 0 Å². The maximum atomic E-state index is 12.1. The lowest BCUT2D eigenvalue weighted by Crippen LogP contribution is -2.40. The van der Waals surface area contributed by atoms with Crippen molar-refractivity contribution in [1.82, 2.24) is 9.88 Å². The average Bonchev–Trinajstić information content (AvgIpc) is 2.74. The SMILES string of the molecule is Cc1csc(CC(=O)C[C@@H]2CCCN(C(C)C)C2)n1. The number of carbonyl (C=O) groups is 1. The number of nitrogens with zero attached hydrogens (tertiary/aromatic N) is 2. The average molecular weight is 280 g/mol. The van der Waals surface area contributed by atoms with Crippen molar-refractivity contribution >= 4 is 17.1 Å². The van der Waals surface area contributed by atoms with Gasteiger partial charge in [0.05, 0.1) is 6.42 Å². The number of likely N-dealkylation sites (tertiary alicyclic amines) is 1. The minimum absolute atomic E-state index is 0.352. The summed E-state index contributed by atoms with van der Waals surface area (Å²) in [5, 5.41) is 2.99. The lowest BCUT2D eigenvalue weighted by Gasteiger charge is -2.35. The molecule has 106 valence electrons. The minimum atomic E-state index is 0.352. The van der Waals surface area contributed by atoms with Gasteiger partial charge in [-0.3, -0.25) is 4.79 Å². The standard InChI is InChI=1S/C15H24N2OS/c1-11(2)17-6-4-5-13(9-17)7-14(18)8-15-16-12(3)10-19-15/h10-11,13H,4-9H2,1-3H3/t13-/m0/s1. The van der Waals surface area contributed by atoms with E-state index in [2.05, 4.69) is 23.7 Å². The smallest absolute Gasteiger partial charge is 0.140 e. The van der Waals surface area contributed by atoms with Gasteiger partial charge in [-0.05, 0) is 46.1 Å². The van der Waals surface area contributed by atoms with E-state index >= 15 is 0 Å². The quantitative estimate of drug-likeness (QED) is 0.831. The predicted molar refractivity (Wildman–Crippen MR) is 79.6 cm³/mol. The van der Waals surface area contributed by atoms with E-state index in [9.17, 15) is 4.79 Å². The van der Waals surface area contributed by atoms with Crippen LogP contribution < -0.4 is 0 Å². The van der Waals surface area contributed by atoms with Crippen molar-refractivity contribution in [3.05, 3.63) is 16.1 Å². The molecule has 3 nitrogen and oxygen atoms in total. The van der Waals surface area contributed by atoms with Crippen molar-refractivity contribution < 1.29 is 4.79 Å². The molecule has 1 atom stereocenters. The van der Waals surface area contributed by atoms with Crippen molar-refractivity contribution in [2.75, 3.05) is 13.1 Å². The fourth-order valence-electron chi connectivity index (χ4n) is 2.78. The molecule has 0 amide bonds. The first-order valence-corrected chi connectivity index (χ1v) is 8.09. The van der Waals surface area contributed by atoms with Crippen molar-refractivity contribution in [2.24, 2.45) is 5.92 Å². The highest BCUT2D eigenvalue weighted by atomic mass is 32.1. The second kappa shape index (κ2) is 6.62. The maximum absolute atomic E-state index is 12.1. The second-order valence-electron chi connectivity index (χ2n) is 5.90. The van der Waals surface area contributed by atoms with Gasteiger partial charge in [0.1, 0.15) is 10.8 Å². The van der Waals surface area contributed by atoms with E-state index in [1.807, 2.05) is 12.3 Å². The van der Waals surface area contributed by atoms with Crippen LogP contribution in [0.2, 0.25) is 0 Å². The molecule has 1 aliphatic heterocycles. The molecule has 0 aromatic carbocycles. The molecule has 1 aromatic heterocycles. The molecule has 2 rings (SSSR count). The van der Waals surface area contributed by atoms with Gasteiger partial charge in [-0.25, -0.2) is 4.98 Å². The van der Waals surface area contributed by atoms with Gasteiger partial charge < -0.3 is 4.90 Å². The molecule has 0 spiro atoms. The summed E-state index contributed by atoms with van der Waals surface area (Å²) < 4.78 is 0. The monoisotopic (exact) mass is 280 g/mol. The normalized spacial score (nSPS) is 20.9. The molecule has 0 radical (unpaired) electrons. The van der Waals surface area contributed by atoms with Crippen LogP contribution >= 0.6 is 11.3 Å². The highest BCUT2D eigenvalue weighted by Gasteiger charge is 2.23. The van der Waals surface area contributed by atoms with E-state index in [1.54, 1.807) is 11.3 Å². The van der Waals surface area contributed by atoms with Crippen LogP contribution in [0.4, 0.5) is 0 Å². The Bertz CT molecular complexity index is 428. The van der Waals surface area contributed by atoms with Gasteiger partial charge in [0, 0.05) is 30.1 Å². The summed E-state index contributed by atoms with van der Waals surface area (Å²) in [6.07, 6.45) is 3.68. The van der Waals surface area contributed by atoms with Crippen LogP contribution in [-0.4, -0.2) is 34.8 Å². The first-order valence-electron chi connectivity index (χ1n) is 7.21. The zero-order valence-electron chi connectivity index (χ0n) is 12.2. The maximum Gasteiger partial charge on any atom is 0.140 e. The molecule has 1 aliphatic rings. The molecule has 0 unspecified atom stereocenters. The fourth-order valence-corrected chi connectivity index (χ4v) is 3.58. The first kappa shape index (κ1) is 14.7. The Morgan fingerprint density at radius 2 is 2.37 bits per heavy atom. The molecule has 1 aromatic rings. The van der Waals surface area contributed by atoms with Gasteiger partial charge in [-0.15, -0.1) is 11.3 Å². The number of thiazole rings is 1. The van der Waals surface area contributed by atoms with Crippen molar-refractivity contribution in [3.8, 4) is 0 Å². The third kappa shape index (κ3) is 4.39. The van der Waals surface area contributed by atoms with Gasteiger partial charge >= 0.3 is 0 Å². The number of rotatable bonds is 5. The zero-order chi connectivity index (χ0) is 13.8. The summed E-state index contributed by atoms with van der Waals surface area (Å²) in [5.41, 5.74) is 1.02. The third-order valence-corrected chi connectivity index (χ3v) is 4.78. The number of aromatic nitrogens is 1. The van der Waals surface area contributed by atoms with Crippen molar-refractivity contribution in [2.45, 2.75) is 52.5 Å². The zero-order valence-corrected chi connectivity index (χ0v) is 13.0. The van der Waals surface area contributed by atoms with E-state index in [0.29, 0.717) is 24.2 Å². The van der Waals surface area contributed by atoms with Crippen LogP contribution in [0.15, 0.2) is 5.38 Å². The molecule has 2 heterocycles. The van der Waals surface area contributed by atoms with Gasteiger partial charge in [-0.1, -0.05) is 0 Å². The summed E-state index contributed by atoms with van der Waals surface area (Å²) in [6, 6.07) is 0.597. The molecule has 1 saturated heterocycles. The lowest BCUT2D eigenvalue weighted by atomic mass is 9.91. The summed E-state index contributed by atoms with van der Waals surface area (Å²) in [5.74, 6) is 0.898. The van der Waals surface area contributed by atoms with Crippen LogP contribution in [0.3, 0.4) is 0 Å². The Morgan fingerprint density at radius 1 is 1.58 bits per heavy atom. The Labute approximate surface area is 120 Å². The largest absolute Gasteiger partial charge is 0.301 e. The predicted octanol–water partition coefficient (Wildman–Crippen LogP) is 3.07. The van der Waals surface area contributed by atoms with E-state index in [-0.39, 0.29) is 0 Å². The number of ketones is 1. The van der Waals surface area contributed by atoms with Gasteiger partial charge in [0.15, 0.2) is 0 Å². The van der Waals surface area contributed by atoms with Crippen LogP contribution in [0.1, 0.15) is 43.8 Å². The second-order valence-corrected chi connectivity index (χ2v) is 6.84. The molecule has 0 N–H and O–H groups in total. The molecule has 4 heteroatoms. The van der Waals surface area contributed by atoms with Gasteiger partial charge in [0.2, 0.25) is 0 Å². The van der Waals surface area contributed by atoms with Crippen LogP contribution in [0.25, 0.3) is 0 Å². The molecule has 0 bridgehead atoms. The van der Waals surface area contributed by atoms with E-state index in [1.165, 1.54) is 19.4 Å². The Morgan fingerprint density at radius 3 is 3.00 bits per heavy atom. The first-order chi connectivity index (χ1) is 9.04. The molecule has 0 aliphatic carbocycles. The van der Waals surface area contributed by atoms with Crippen LogP contribution in [-0.2, 0) is 11.2 Å². The van der Waals surface area contributed by atoms with Crippen molar-refractivity contribution in [1.29, 1.82) is 0 Å². The third-order valence-electron chi connectivity index (χ3n) is 3.81. The summed E-state index contributed by atoms with van der Waals surface area (Å²) in [6.45, 7) is 8.73. The number of Topliss-reactive ketones (excluding diaryl/α,β-unsaturated/α-hetero) is 1. The van der Waals surface area contributed by atoms with Gasteiger partial charge in [-0.2, -0.15) is 0 Å². The minimum Gasteiger partial charge on any atom is -0.301 e. The van der Waals surface area contributed by atoms with Crippen LogP contribution in [0.5, 0.6) is 0 Å². The number of carbonyl (C=O) groups excluding carboxylic acids is 1. The fraction of sp³-hybridized carbons (Fsp3) is 0.733. The number of hydrogen-bond acceptors (Lipinski definition) is 4. The highest BCUT2D eigenvalue weighted by molar-refractivity contribution is 7.09. The van der Waals surface area contributed by atoms with E-state index in [0.717, 1.165) is 23.7 Å². The number of hydrogen-bond donors (Lipinski definition) is 0. The summed E-state index contributed by atoms with van der Waals surface area (Å²) in [7, 11) is 0. The number of piperidine rings is 1. The molecule has 0 saturated carbocycles. The summed E-state index contributed by atoms with van der Waals surface area (Å²) in [4.78, 5) is 19.0. The topological polar surface area (TPSA) is 33.2 Å². The molecule has 1 fully saturated rings. The van der Waals surface area contributed by atoms with E-state index < -0.39 is 0 Å². The van der Waals surface area contributed by atoms with Crippen molar-refractivity contribution in [3.63, 3.8) is 0 Å². The van der Waals surface area contributed by atoms with Gasteiger partial charge in [0.25, 0.3) is 0 Å². The highest BCUT2D eigenvalue weighted by Crippen LogP contribution is 2.22. The number of aryl methyl sites for hydroxylation is 1. The Balaban J connectivity index is 1.81. The summed E-state index contributed by atoms with van der Waals surface area (Å²) >= 11 is 1.60. The molecular weight excluding hydrogens is 256 g/mol. The Hall–Kier alpha value is -0.740.